The van der Waals surface area contributed by atoms with E-state index in [0.29, 0.717) is 0 Å². The average molecular weight is 215 g/mol. The number of fused-ring (bicyclic) bond motifs is 1. The summed E-state index contributed by atoms with van der Waals surface area (Å²) in [6.45, 7) is 15.4. The Hall–Kier alpha value is -1.24. The van der Waals surface area contributed by atoms with Crippen molar-refractivity contribution in [2.45, 2.75) is 40.0 Å². The lowest BCUT2D eigenvalue weighted by Crippen LogP contribution is -2.22. The van der Waals surface area contributed by atoms with Gasteiger partial charge in [-0.15, -0.1) is 0 Å². The lowest BCUT2D eigenvalue weighted by Gasteiger charge is -2.23. The van der Waals surface area contributed by atoms with Crippen LogP contribution in [0, 0.1) is 20.8 Å². The average Bonchev–Trinajstić information content (AvgIpc) is 2.36. The van der Waals surface area contributed by atoms with Gasteiger partial charge in [0.25, 0.3) is 0 Å². The van der Waals surface area contributed by atoms with Crippen LogP contribution in [0.25, 0.3) is 0 Å². The van der Waals surface area contributed by atoms with Gasteiger partial charge in [-0.1, -0.05) is 26.5 Å². The van der Waals surface area contributed by atoms with Gasteiger partial charge in [-0.05, 0) is 43.0 Å². The van der Waals surface area contributed by atoms with Crippen LogP contribution >= 0.6 is 0 Å². The molecule has 1 aromatic rings. The minimum Gasteiger partial charge on any atom is -0.347 e. The Kier molecular flexibility index (Phi) is 2.20. The molecule has 16 heavy (non-hydrogen) atoms. The van der Waals surface area contributed by atoms with Crippen molar-refractivity contribution in [1.82, 2.24) is 0 Å². The van der Waals surface area contributed by atoms with Crippen LogP contribution in [-0.4, -0.2) is 7.05 Å². The lowest BCUT2D eigenvalue weighted by atomic mass is 9.80. The first kappa shape index (κ1) is 11.3. The first-order chi connectivity index (χ1) is 7.28. The highest BCUT2D eigenvalue weighted by molar-refractivity contribution is 5.75. The maximum absolute atomic E-state index is 4.24. The zero-order chi connectivity index (χ0) is 12.2. The fourth-order valence-electron chi connectivity index (χ4n) is 2.97. The van der Waals surface area contributed by atoms with Crippen LogP contribution in [0.2, 0.25) is 0 Å². The Morgan fingerprint density at radius 3 is 2.25 bits per heavy atom. The molecule has 1 heterocycles. The van der Waals surface area contributed by atoms with E-state index in [1.54, 1.807) is 0 Å². The number of anilines is 1. The third-order valence-corrected chi connectivity index (χ3v) is 4.10. The summed E-state index contributed by atoms with van der Waals surface area (Å²) in [7, 11) is 2.12. The van der Waals surface area contributed by atoms with Gasteiger partial charge in [-0.3, -0.25) is 0 Å². The molecular weight excluding hydrogens is 194 g/mol. The van der Waals surface area contributed by atoms with Crippen LogP contribution in [0.4, 0.5) is 5.69 Å². The van der Waals surface area contributed by atoms with Gasteiger partial charge in [-0.2, -0.15) is 0 Å². The number of nitrogens with zero attached hydrogens (tertiary/aromatic N) is 1. The molecule has 0 unspecified atom stereocenters. The van der Waals surface area contributed by atoms with Gasteiger partial charge in [0.2, 0.25) is 0 Å². The van der Waals surface area contributed by atoms with E-state index in [1.807, 2.05) is 0 Å². The van der Waals surface area contributed by atoms with E-state index in [-0.39, 0.29) is 5.41 Å². The molecule has 1 aliphatic heterocycles. The second-order valence-corrected chi connectivity index (χ2v) is 5.49. The van der Waals surface area contributed by atoms with Crippen molar-refractivity contribution in [1.29, 1.82) is 0 Å². The number of hydrogen-bond donors (Lipinski definition) is 0. The largest absolute Gasteiger partial charge is 0.347 e. The van der Waals surface area contributed by atoms with Crippen molar-refractivity contribution in [3.05, 3.63) is 40.6 Å². The monoisotopic (exact) mass is 215 g/mol. The van der Waals surface area contributed by atoms with E-state index in [1.165, 1.54) is 33.6 Å². The summed E-state index contributed by atoms with van der Waals surface area (Å²) in [6, 6.07) is 2.28. The summed E-state index contributed by atoms with van der Waals surface area (Å²) in [6.07, 6.45) is 0. The highest BCUT2D eigenvalue weighted by Gasteiger charge is 2.39. The number of benzene rings is 1. The number of hydrogen-bond acceptors (Lipinski definition) is 1. The van der Waals surface area contributed by atoms with E-state index in [9.17, 15) is 0 Å². The van der Waals surface area contributed by atoms with Crippen molar-refractivity contribution < 1.29 is 0 Å². The normalized spacial score (nSPS) is 17.9. The second kappa shape index (κ2) is 3.13. The Morgan fingerprint density at radius 2 is 1.69 bits per heavy atom. The quantitative estimate of drug-likeness (QED) is 0.635. The molecule has 0 fully saturated rings. The number of allylic oxidation sites excluding steroid dienone is 1. The topological polar surface area (TPSA) is 3.24 Å². The van der Waals surface area contributed by atoms with Crippen LogP contribution in [0.3, 0.4) is 0 Å². The van der Waals surface area contributed by atoms with Gasteiger partial charge in [0.1, 0.15) is 0 Å². The van der Waals surface area contributed by atoms with E-state index in [4.69, 9.17) is 0 Å². The molecule has 0 aliphatic carbocycles. The highest BCUT2D eigenvalue weighted by atomic mass is 15.2. The van der Waals surface area contributed by atoms with Crippen molar-refractivity contribution in [3.8, 4) is 0 Å². The fourth-order valence-corrected chi connectivity index (χ4v) is 2.97. The summed E-state index contributed by atoms with van der Waals surface area (Å²) in [5.41, 5.74) is 8.22. The Balaban J connectivity index is 2.87. The van der Waals surface area contributed by atoms with Crippen LogP contribution < -0.4 is 4.90 Å². The minimum absolute atomic E-state index is 0.0605. The second-order valence-electron chi connectivity index (χ2n) is 5.49. The molecule has 1 aliphatic rings. The molecule has 0 atom stereocenters. The fraction of sp³-hybridized carbons (Fsp3) is 0.467. The highest BCUT2D eigenvalue weighted by Crippen LogP contribution is 2.49. The van der Waals surface area contributed by atoms with Gasteiger partial charge in [0.05, 0.1) is 0 Å². The van der Waals surface area contributed by atoms with Gasteiger partial charge in [0, 0.05) is 23.8 Å². The molecule has 0 aromatic heterocycles. The zero-order valence-electron chi connectivity index (χ0n) is 11.2. The van der Waals surface area contributed by atoms with E-state index >= 15 is 0 Å². The van der Waals surface area contributed by atoms with E-state index < -0.39 is 0 Å². The van der Waals surface area contributed by atoms with Gasteiger partial charge in [0.15, 0.2) is 0 Å². The molecule has 1 aromatic carbocycles. The van der Waals surface area contributed by atoms with E-state index in [0.717, 1.165) is 0 Å². The number of likely N-dealkylation sites (N-methyl/N-ethyl adjacent to an activating group) is 1. The Labute approximate surface area is 98.8 Å². The molecule has 2 rings (SSSR count). The maximum Gasteiger partial charge on any atom is 0.0480 e. The van der Waals surface area contributed by atoms with Crippen LogP contribution in [-0.2, 0) is 5.41 Å². The van der Waals surface area contributed by atoms with Crippen molar-refractivity contribution in [2.24, 2.45) is 0 Å². The van der Waals surface area contributed by atoms with Crippen LogP contribution in [0.15, 0.2) is 18.3 Å². The smallest absolute Gasteiger partial charge is 0.0480 e. The summed E-state index contributed by atoms with van der Waals surface area (Å²) in [5, 5.41) is 0. The summed E-state index contributed by atoms with van der Waals surface area (Å²) < 4.78 is 0. The van der Waals surface area contributed by atoms with Crippen molar-refractivity contribution in [3.63, 3.8) is 0 Å². The standard InChI is InChI=1S/C15H21N/c1-9-8-10(2)14-13(11(9)3)15(5,6)12(4)16(14)7/h8H,4H2,1-3,5-7H3. The third-order valence-electron chi connectivity index (χ3n) is 4.10. The molecule has 0 N–H and O–H groups in total. The number of rotatable bonds is 0. The Morgan fingerprint density at radius 1 is 1.12 bits per heavy atom. The first-order valence-corrected chi connectivity index (χ1v) is 5.83. The molecule has 1 nitrogen and oxygen atoms in total. The maximum atomic E-state index is 4.24. The predicted octanol–water partition coefficient (Wildman–Crippen LogP) is 3.85. The molecule has 0 spiro atoms. The molecule has 0 saturated heterocycles. The van der Waals surface area contributed by atoms with Gasteiger partial charge in [-0.25, -0.2) is 0 Å². The summed E-state index contributed by atoms with van der Waals surface area (Å²) in [4.78, 5) is 2.25. The minimum atomic E-state index is 0.0605. The molecule has 86 valence electrons. The van der Waals surface area contributed by atoms with Gasteiger partial charge >= 0.3 is 0 Å². The first-order valence-electron chi connectivity index (χ1n) is 5.83. The predicted molar refractivity (Wildman–Crippen MR) is 71.2 cm³/mol. The molecule has 0 bridgehead atoms. The summed E-state index contributed by atoms with van der Waals surface area (Å²) in [5.74, 6) is 0. The van der Waals surface area contributed by atoms with Gasteiger partial charge < -0.3 is 4.90 Å². The zero-order valence-corrected chi connectivity index (χ0v) is 11.2. The molecular formula is C15H21N. The molecule has 0 amide bonds. The van der Waals surface area contributed by atoms with Crippen molar-refractivity contribution in [2.75, 3.05) is 11.9 Å². The van der Waals surface area contributed by atoms with Crippen LogP contribution in [0.5, 0.6) is 0 Å². The molecule has 1 heteroatoms. The molecule has 0 radical (unpaired) electrons. The SMILES string of the molecule is C=C1N(C)c2c(C)cc(C)c(C)c2C1(C)C. The third kappa shape index (κ3) is 1.17. The number of aryl methyl sites for hydroxylation is 2. The van der Waals surface area contributed by atoms with Crippen LogP contribution in [0.1, 0.15) is 36.1 Å². The van der Waals surface area contributed by atoms with Crippen molar-refractivity contribution >= 4 is 5.69 Å². The molecule has 0 saturated carbocycles. The summed E-state index contributed by atoms with van der Waals surface area (Å²) >= 11 is 0. The lowest BCUT2D eigenvalue weighted by molar-refractivity contribution is 0.638. The van der Waals surface area contributed by atoms with E-state index in [2.05, 4.69) is 59.2 Å². The Bertz CT molecular complexity index is 481.